The van der Waals surface area contributed by atoms with Gasteiger partial charge in [-0.3, -0.25) is 4.99 Å². The smallest absolute Gasteiger partial charge is 0.224 e. The predicted octanol–water partition coefficient (Wildman–Crippen LogP) is 5.11. The lowest BCUT2D eigenvalue weighted by Crippen LogP contribution is -2.13. The molecule has 0 saturated carbocycles. The summed E-state index contributed by atoms with van der Waals surface area (Å²) in [6.45, 7) is 1.87. The summed E-state index contributed by atoms with van der Waals surface area (Å²) in [5.41, 5.74) is 4.73. The van der Waals surface area contributed by atoms with E-state index in [1.54, 1.807) is 0 Å². The maximum Gasteiger partial charge on any atom is 0.224 e. The van der Waals surface area contributed by atoms with E-state index in [4.69, 9.17) is 11.6 Å². The summed E-state index contributed by atoms with van der Waals surface area (Å²) in [7, 11) is 4.15. The van der Waals surface area contributed by atoms with E-state index in [-0.39, 0.29) is 5.28 Å². The summed E-state index contributed by atoms with van der Waals surface area (Å²) >= 11 is 6.28. The zero-order chi connectivity index (χ0) is 20.9. The first-order chi connectivity index (χ1) is 14.6. The summed E-state index contributed by atoms with van der Waals surface area (Å²) in [4.78, 5) is 15.7. The number of benzene rings is 2. The van der Waals surface area contributed by atoms with Crippen molar-refractivity contribution in [2.45, 2.75) is 6.42 Å². The second kappa shape index (κ2) is 9.20. The standard InChI is InChI=1S/C24H24ClN5/c1-29(2)15-6-14-26-17-18-9-11-19(12-10-18)22-21-13-16-30(20-7-4-3-5-8-20)23(21)28-24(25)27-22/h3-5,7-13,16-17H,6,14-15H2,1-2H3/b26-17+. The van der Waals surface area contributed by atoms with Gasteiger partial charge in [0.15, 0.2) is 0 Å². The van der Waals surface area contributed by atoms with Crippen LogP contribution in [0.3, 0.4) is 0 Å². The molecule has 0 N–H and O–H groups in total. The van der Waals surface area contributed by atoms with Crippen molar-refractivity contribution >= 4 is 28.8 Å². The topological polar surface area (TPSA) is 46.3 Å². The lowest BCUT2D eigenvalue weighted by atomic mass is 10.1. The Morgan fingerprint density at radius 3 is 2.50 bits per heavy atom. The van der Waals surface area contributed by atoms with E-state index in [0.717, 1.165) is 53.1 Å². The zero-order valence-electron chi connectivity index (χ0n) is 17.2. The third-order valence-electron chi connectivity index (χ3n) is 4.87. The third-order valence-corrected chi connectivity index (χ3v) is 5.04. The molecule has 0 bridgehead atoms. The van der Waals surface area contributed by atoms with Gasteiger partial charge >= 0.3 is 0 Å². The molecule has 0 unspecified atom stereocenters. The van der Waals surface area contributed by atoms with Crippen molar-refractivity contribution < 1.29 is 0 Å². The largest absolute Gasteiger partial charge is 0.309 e. The highest BCUT2D eigenvalue weighted by molar-refractivity contribution is 6.28. The molecule has 2 heterocycles. The number of aliphatic imine (C=N–C) groups is 1. The van der Waals surface area contributed by atoms with Gasteiger partial charge in [0.25, 0.3) is 0 Å². The van der Waals surface area contributed by atoms with Gasteiger partial charge < -0.3 is 9.47 Å². The molecular weight excluding hydrogens is 394 g/mol. The maximum absolute atomic E-state index is 6.28. The Balaban J connectivity index is 1.60. The summed E-state index contributed by atoms with van der Waals surface area (Å²) < 4.78 is 2.03. The fourth-order valence-corrected chi connectivity index (χ4v) is 3.54. The molecule has 4 rings (SSSR count). The minimum absolute atomic E-state index is 0.236. The van der Waals surface area contributed by atoms with E-state index in [9.17, 15) is 0 Å². The lowest BCUT2D eigenvalue weighted by molar-refractivity contribution is 0.403. The first kappa shape index (κ1) is 20.3. The van der Waals surface area contributed by atoms with Gasteiger partial charge in [0.2, 0.25) is 5.28 Å². The molecule has 6 heteroatoms. The van der Waals surface area contributed by atoms with Gasteiger partial charge in [-0.1, -0.05) is 42.5 Å². The van der Waals surface area contributed by atoms with Crippen LogP contribution in [-0.2, 0) is 0 Å². The summed E-state index contributed by atoms with van der Waals surface area (Å²) in [6, 6.07) is 20.4. The van der Waals surface area contributed by atoms with Crippen molar-refractivity contribution in [1.82, 2.24) is 19.4 Å². The number of hydrogen-bond donors (Lipinski definition) is 0. The highest BCUT2D eigenvalue weighted by atomic mass is 35.5. The monoisotopic (exact) mass is 417 g/mol. The summed E-state index contributed by atoms with van der Waals surface area (Å²) in [5.74, 6) is 0. The average molecular weight is 418 g/mol. The molecule has 30 heavy (non-hydrogen) atoms. The third kappa shape index (κ3) is 4.58. The highest BCUT2D eigenvalue weighted by Crippen LogP contribution is 2.29. The van der Waals surface area contributed by atoms with Gasteiger partial charge in [-0.15, -0.1) is 0 Å². The molecular formula is C24H24ClN5. The normalized spacial score (nSPS) is 11.7. The number of aromatic nitrogens is 3. The molecule has 2 aromatic heterocycles. The van der Waals surface area contributed by atoms with Crippen LogP contribution in [0, 0.1) is 0 Å². The van der Waals surface area contributed by atoms with Gasteiger partial charge in [0.1, 0.15) is 5.65 Å². The molecule has 0 saturated heterocycles. The Hall–Kier alpha value is -3.02. The minimum atomic E-state index is 0.236. The molecule has 0 radical (unpaired) electrons. The van der Waals surface area contributed by atoms with Crippen LogP contribution >= 0.6 is 11.6 Å². The second-order valence-corrected chi connectivity index (χ2v) is 7.75. The highest BCUT2D eigenvalue weighted by Gasteiger charge is 2.13. The Morgan fingerprint density at radius 1 is 1.00 bits per heavy atom. The van der Waals surface area contributed by atoms with Crippen LogP contribution in [0.15, 0.2) is 71.9 Å². The first-order valence-electron chi connectivity index (χ1n) is 9.97. The van der Waals surface area contributed by atoms with Crippen molar-refractivity contribution in [3.63, 3.8) is 0 Å². The number of para-hydroxylation sites is 1. The fraction of sp³-hybridized carbons (Fsp3) is 0.208. The van der Waals surface area contributed by atoms with Gasteiger partial charge in [0, 0.05) is 35.6 Å². The Kier molecular flexibility index (Phi) is 6.21. The van der Waals surface area contributed by atoms with Crippen LogP contribution in [0.2, 0.25) is 5.28 Å². The quantitative estimate of drug-likeness (QED) is 0.238. The van der Waals surface area contributed by atoms with Gasteiger partial charge in [-0.05, 0) is 62.4 Å². The van der Waals surface area contributed by atoms with Crippen LogP contribution in [0.1, 0.15) is 12.0 Å². The fourth-order valence-electron chi connectivity index (χ4n) is 3.38. The Morgan fingerprint density at radius 2 is 1.77 bits per heavy atom. The van der Waals surface area contributed by atoms with E-state index < -0.39 is 0 Å². The van der Waals surface area contributed by atoms with Crippen LogP contribution in [0.25, 0.3) is 28.0 Å². The molecule has 0 amide bonds. The lowest BCUT2D eigenvalue weighted by Gasteiger charge is -2.07. The summed E-state index contributed by atoms with van der Waals surface area (Å²) in [6.07, 6.45) is 4.98. The van der Waals surface area contributed by atoms with Crippen molar-refractivity contribution in [2.24, 2.45) is 4.99 Å². The molecule has 0 aliphatic heterocycles. The van der Waals surface area contributed by atoms with Crippen LogP contribution in [0.4, 0.5) is 0 Å². The van der Waals surface area contributed by atoms with Crippen molar-refractivity contribution in [2.75, 3.05) is 27.2 Å². The zero-order valence-corrected chi connectivity index (χ0v) is 17.9. The van der Waals surface area contributed by atoms with Crippen LogP contribution in [-0.4, -0.2) is 52.8 Å². The van der Waals surface area contributed by atoms with Crippen molar-refractivity contribution in [3.05, 3.63) is 77.7 Å². The average Bonchev–Trinajstić information content (AvgIpc) is 3.17. The van der Waals surface area contributed by atoms with E-state index >= 15 is 0 Å². The molecule has 0 fully saturated rings. The van der Waals surface area contributed by atoms with Gasteiger partial charge in [-0.2, -0.15) is 4.98 Å². The number of rotatable bonds is 7. The van der Waals surface area contributed by atoms with Crippen molar-refractivity contribution in [1.29, 1.82) is 0 Å². The van der Waals surface area contributed by atoms with Crippen LogP contribution in [0.5, 0.6) is 0 Å². The molecule has 4 aromatic rings. The molecule has 0 spiro atoms. The molecule has 0 aliphatic carbocycles. The number of fused-ring (bicyclic) bond motifs is 1. The Bertz CT molecular complexity index is 1150. The number of nitrogens with zero attached hydrogens (tertiary/aromatic N) is 5. The van der Waals surface area contributed by atoms with E-state index in [1.807, 2.05) is 53.4 Å². The van der Waals surface area contributed by atoms with Gasteiger partial charge in [0.05, 0.1) is 5.69 Å². The minimum Gasteiger partial charge on any atom is -0.309 e. The molecule has 0 aliphatic rings. The predicted molar refractivity (Wildman–Crippen MR) is 125 cm³/mol. The SMILES string of the molecule is CN(C)CCC/N=C/c1ccc(-c2nc(Cl)nc3c2ccn3-c2ccccc2)cc1. The van der Waals surface area contributed by atoms with Gasteiger partial charge in [-0.25, -0.2) is 4.98 Å². The maximum atomic E-state index is 6.28. The molecule has 152 valence electrons. The van der Waals surface area contributed by atoms with E-state index in [1.165, 1.54) is 0 Å². The Labute approximate surface area is 181 Å². The number of hydrogen-bond acceptors (Lipinski definition) is 4. The number of halogens is 1. The van der Waals surface area contributed by atoms with E-state index in [2.05, 4.69) is 58.2 Å². The van der Waals surface area contributed by atoms with Crippen molar-refractivity contribution in [3.8, 4) is 16.9 Å². The van der Waals surface area contributed by atoms with Crippen LogP contribution < -0.4 is 0 Å². The first-order valence-corrected chi connectivity index (χ1v) is 10.3. The second-order valence-electron chi connectivity index (χ2n) is 7.41. The van der Waals surface area contributed by atoms with E-state index in [0.29, 0.717) is 0 Å². The molecule has 2 aromatic carbocycles. The molecule has 0 atom stereocenters. The molecule has 5 nitrogen and oxygen atoms in total. The summed E-state index contributed by atoms with van der Waals surface area (Å²) in [5, 5.41) is 1.20.